The summed E-state index contributed by atoms with van der Waals surface area (Å²) in [6, 6.07) is 13.0. The molecule has 0 radical (unpaired) electrons. The van der Waals surface area contributed by atoms with Crippen molar-refractivity contribution in [3.05, 3.63) is 59.7 Å². The number of phenolic OH excluding ortho intramolecular Hbond substituents is 1. The number of phenols is 1. The maximum Gasteiger partial charge on any atom is 0.313 e. The zero-order chi connectivity index (χ0) is 23.6. The summed E-state index contributed by atoms with van der Waals surface area (Å²) in [4.78, 5) is 24.4. The second kappa shape index (κ2) is 12.2. The minimum Gasteiger partial charge on any atom is -0.504 e. The van der Waals surface area contributed by atoms with Crippen LogP contribution < -0.4 is 4.74 Å². The van der Waals surface area contributed by atoms with Gasteiger partial charge in [0.15, 0.2) is 11.5 Å². The smallest absolute Gasteiger partial charge is 0.313 e. The van der Waals surface area contributed by atoms with Gasteiger partial charge in [0.05, 0.1) is 13.0 Å². The maximum absolute atomic E-state index is 12.4. The number of rotatable bonds is 13. The van der Waals surface area contributed by atoms with E-state index in [2.05, 4.69) is 6.92 Å². The molecule has 32 heavy (non-hydrogen) atoms. The molecule has 2 rings (SSSR count). The molecule has 2 aromatic rings. The number of hydrogen-bond acceptors (Lipinski definition) is 6. The van der Waals surface area contributed by atoms with E-state index in [0.717, 1.165) is 26.3 Å². The molecule has 7 heteroatoms. The third-order valence-corrected chi connectivity index (χ3v) is 5.40. The molecular weight excluding hydrogens is 410 g/mol. The Morgan fingerprint density at radius 1 is 0.969 bits per heavy atom. The van der Waals surface area contributed by atoms with E-state index in [0.29, 0.717) is 12.2 Å². The monoisotopic (exact) mass is 443 g/mol. The highest BCUT2D eigenvalue weighted by molar-refractivity contribution is 6.35. The summed E-state index contributed by atoms with van der Waals surface area (Å²) >= 11 is 0. The van der Waals surface area contributed by atoms with Crippen molar-refractivity contribution >= 4 is 11.7 Å². The van der Waals surface area contributed by atoms with E-state index in [-0.39, 0.29) is 22.1 Å². The van der Waals surface area contributed by atoms with Crippen LogP contribution in [-0.2, 0) is 15.2 Å². The predicted octanol–water partition coefficient (Wildman–Crippen LogP) is 4.17. The minimum atomic E-state index is -1.99. The van der Waals surface area contributed by atoms with Crippen molar-refractivity contribution in [1.82, 2.24) is 5.06 Å². The molecule has 0 spiro atoms. The first-order valence-electron chi connectivity index (χ1n) is 11.0. The molecular formula is C25H33NO6. The Morgan fingerprint density at radius 3 is 2.28 bits per heavy atom. The van der Waals surface area contributed by atoms with E-state index >= 15 is 0 Å². The van der Waals surface area contributed by atoms with E-state index in [4.69, 9.17) is 4.74 Å². The zero-order valence-electron chi connectivity index (χ0n) is 18.8. The van der Waals surface area contributed by atoms with Crippen LogP contribution in [0.15, 0.2) is 48.5 Å². The zero-order valence-corrected chi connectivity index (χ0v) is 18.8. The van der Waals surface area contributed by atoms with Crippen LogP contribution in [0.4, 0.5) is 0 Å². The van der Waals surface area contributed by atoms with Crippen LogP contribution in [0.3, 0.4) is 0 Å². The minimum absolute atomic E-state index is 0.0471. The Bertz CT molecular complexity index is 883. The summed E-state index contributed by atoms with van der Waals surface area (Å²) in [6.45, 7) is 2.58. The van der Waals surface area contributed by atoms with Crippen LogP contribution >= 0.6 is 0 Å². The highest BCUT2D eigenvalue weighted by Gasteiger charge is 2.39. The Hall–Kier alpha value is -2.90. The number of para-hydroxylation sites is 1. The predicted molar refractivity (Wildman–Crippen MR) is 121 cm³/mol. The molecule has 0 fully saturated rings. The van der Waals surface area contributed by atoms with E-state index in [1.54, 1.807) is 42.5 Å². The van der Waals surface area contributed by atoms with Gasteiger partial charge in [-0.15, -0.1) is 0 Å². The Morgan fingerprint density at radius 2 is 1.62 bits per heavy atom. The van der Waals surface area contributed by atoms with E-state index in [1.165, 1.54) is 25.3 Å². The summed E-state index contributed by atoms with van der Waals surface area (Å²) in [5.74, 6) is -2.25. The molecule has 0 saturated carbocycles. The molecule has 0 bridgehead atoms. The van der Waals surface area contributed by atoms with Crippen molar-refractivity contribution in [2.24, 2.45) is 0 Å². The lowest BCUT2D eigenvalue weighted by molar-refractivity contribution is -0.166. The molecule has 0 aromatic heterocycles. The van der Waals surface area contributed by atoms with Gasteiger partial charge < -0.3 is 14.9 Å². The molecule has 174 valence electrons. The lowest BCUT2D eigenvalue weighted by Crippen LogP contribution is -2.37. The van der Waals surface area contributed by atoms with Gasteiger partial charge in [0, 0.05) is 12.6 Å². The quantitative estimate of drug-likeness (QED) is 0.186. The van der Waals surface area contributed by atoms with Crippen molar-refractivity contribution < 1.29 is 29.7 Å². The number of aliphatic hydroxyl groups is 1. The second-order valence-electron chi connectivity index (χ2n) is 7.92. The average molecular weight is 444 g/mol. The molecule has 0 saturated heterocycles. The number of hydroxylamine groups is 2. The van der Waals surface area contributed by atoms with Crippen LogP contribution in [0.5, 0.6) is 11.5 Å². The average Bonchev–Trinajstić information content (AvgIpc) is 2.79. The second-order valence-corrected chi connectivity index (χ2v) is 7.92. The molecule has 1 atom stereocenters. The highest BCUT2D eigenvalue weighted by Crippen LogP contribution is 2.42. The molecule has 1 unspecified atom stereocenters. The summed E-state index contributed by atoms with van der Waals surface area (Å²) in [7, 11) is 1.04. The van der Waals surface area contributed by atoms with Crippen molar-refractivity contribution in [2.45, 2.75) is 57.5 Å². The number of likely N-dealkylation sites (N-methyl/N-ethyl adjacent to an activating group) is 1. The molecule has 0 heterocycles. The first-order chi connectivity index (χ1) is 15.3. The SMILES string of the molecule is CCCCCCCCOc1cccc(C(O)(CC(=O)C(=O)N(C)O)c2ccccc2)c1O. The van der Waals surface area contributed by atoms with Crippen molar-refractivity contribution in [2.75, 3.05) is 13.7 Å². The summed E-state index contributed by atoms with van der Waals surface area (Å²) in [5.41, 5.74) is -1.62. The lowest BCUT2D eigenvalue weighted by Gasteiger charge is -2.30. The Kier molecular flexibility index (Phi) is 9.68. The number of unbranched alkanes of at least 4 members (excludes halogenated alkanes) is 5. The van der Waals surface area contributed by atoms with Crippen LogP contribution in [0.1, 0.15) is 63.0 Å². The number of carbonyl (C=O) groups excluding carboxylic acids is 2. The molecule has 7 nitrogen and oxygen atoms in total. The number of amides is 1. The number of carbonyl (C=O) groups is 2. The third kappa shape index (κ3) is 6.55. The van der Waals surface area contributed by atoms with Crippen LogP contribution in [0, 0.1) is 0 Å². The van der Waals surface area contributed by atoms with Crippen molar-refractivity contribution in [3.63, 3.8) is 0 Å². The third-order valence-electron chi connectivity index (χ3n) is 5.40. The van der Waals surface area contributed by atoms with Crippen molar-refractivity contribution in [3.8, 4) is 11.5 Å². The standard InChI is InChI=1S/C25H33NO6/c1-3-4-5-6-7-11-17-32-22-16-12-15-20(23(22)28)25(30,19-13-9-8-10-14-19)18-21(27)24(29)26(2)31/h8-10,12-16,28,30-31H,3-7,11,17-18H2,1-2H3. The Labute approximate surface area is 189 Å². The van der Waals surface area contributed by atoms with Crippen LogP contribution in [0.2, 0.25) is 0 Å². The van der Waals surface area contributed by atoms with Gasteiger partial charge in [-0.1, -0.05) is 81.5 Å². The fourth-order valence-electron chi connectivity index (χ4n) is 3.59. The summed E-state index contributed by atoms with van der Waals surface area (Å²) in [6.07, 6.45) is 5.93. The summed E-state index contributed by atoms with van der Waals surface area (Å²) in [5, 5.41) is 31.9. The van der Waals surface area contributed by atoms with Gasteiger partial charge in [0.1, 0.15) is 5.60 Å². The number of ketones is 1. The lowest BCUT2D eigenvalue weighted by atomic mass is 9.81. The molecule has 1 amide bonds. The van der Waals surface area contributed by atoms with E-state index in [9.17, 15) is 25.0 Å². The van der Waals surface area contributed by atoms with Gasteiger partial charge >= 0.3 is 5.91 Å². The summed E-state index contributed by atoms with van der Waals surface area (Å²) < 4.78 is 5.74. The molecule has 2 aromatic carbocycles. The van der Waals surface area contributed by atoms with E-state index < -0.39 is 23.7 Å². The van der Waals surface area contributed by atoms with Gasteiger partial charge in [-0.3, -0.25) is 14.8 Å². The van der Waals surface area contributed by atoms with Crippen molar-refractivity contribution in [1.29, 1.82) is 0 Å². The fraction of sp³-hybridized carbons (Fsp3) is 0.440. The number of ether oxygens (including phenoxy) is 1. The number of hydrogen-bond donors (Lipinski definition) is 3. The molecule has 0 aliphatic rings. The first kappa shape index (κ1) is 25.4. The molecule has 0 aliphatic carbocycles. The highest BCUT2D eigenvalue weighted by atomic mass is 16.5. The fourth-order valence-corrected chi connectivity index (χ4v) is 3.59. The number of Topliss-reactive ketones (excluding diaryl/α,β-unsaturated/α-hetero) is 1. The number of nitrogens with zero attached hydrogens (tertiary/aromatic N) is 1. The van der Waals surface area contributed by atoms with Gasteiger partial charge in [0.2, 0.25) is 5.78 Å². The first-order valence-corrected chi connectivity index (χ1v) is 11.0. The van der Waals surface area contributed by atoms with Gasteiger partial charge in [0.25, 0.3) is 0 Å². The van der Waals surface area contributed by atoms with E-state index in [1.807, 2.05) is 0 Å². The number of aromatic hydroxyl groups is 1. The van der Waals surface area contributed by atoms with Gasteiger partial charge in [-0.05, 0) is 18.1 Å². The number of benzene rings is 2. The van der Waals surface area contributed by atoms with Gasteiger partial charge in [-0.2, -0.15) is 0 Å². The topological polar surface area (TPSA) is 107 Å². The van der Waals surface area contributed by atoms with Crippen LogP contribution in [-0.4, -0.2) is 45.8 Å². The maximum atomic E-state index is 12.4. The normalized spacial score (nSPS) is 12.8. The molecule has 3 N–H and O–H groups in total. The molecule has 0 aliphatic heterocycles. The van der Waals surface area contributed by atoms with Gasteiger partial charge in [-0.25, -0.2) is 5.06 Å². The van der Waals surface area contributed by atoms with Crippen LogP contribution in [0.25, 0.3) is 0 Å². The Balaban J connectivity index is 2.25. The largest absolute Gasteiger partial charge is 0.504 e.